The summed E-state index contributed by atoms with van der Waals surface area (Å²) in [5.74, 6) is 0.730. The number of benzene rings is 3. The highest BCUT2D eigenvalue weighted by atomic mass is 35.5. The smallest absolute Gasteiger partial charge is 0.128 e. The molecule has 0 bridgehead atoms. The number of nitrogens with one attached hydrogen (secondary N) is 1. The Morgan fingerprint density at radius 2 is 1.77 bits per heavy atom. The van der Waals surface area contributed by atoms with Crippen molar-refractivity contribution >= 4 is 35.1 Å². The van der Waals surface area contributed by atoms with Gasteiger partial charge in [-0.3, -0.25) is 5.43 Å². The Bertz CT molecular complexity index is 908. The van der Waals surface area contributed by atoms with Crippen molar-refractivity contribution in [2.75, 3.05) is 5.43 Å². The monoisotopic (exact) mass is 384 g/mol. The molecule has 0 radical (unpaired) electrons. The van der Waals surface area contributed by atoms with Crippen LogP contribution in [-0.4, -0.2) is 6.21 Å². The maximum atomic E-state index is 6.20. The average molecular weight is 385 g/mol. The van der Waals surface area contributed by atoms with Crippen molar-refractivity contribution in [1.29, 1.82) is 0 Å². The van der Waals surface area contributed by atoms with Gasteiger partial charge in [0.2, 0.25) is 0 Å². The molecule has 5 heteroatoms. The number of hydrogen-bond acceptors (Lipinski definition) is 3. The lowest BCUT2D eigenvalue weighted by atomic mass is 10.2. The lowest BCUT2D eigenvalue weighted by Gasteiger charge is -2.10. The van der Waals surface area contributed by atoms with Crippen LogP contribution >= 0.6 is 23.2 Å². The van der Waals surface area contributed by atoms with E-state index in [4.69, 9.17) is 27.9 Å². The highest BCUT2D eigenvalue weighted by molar-refractivity contribution is 6.35. The summed E-state index contributed by atoms with van der Waals surface area (Å²) in [5, 5.41) is 5.48. The van der Waals surface area contributed by atoms with E-state index in [1.807, 2.05) is 61.5 Å². The summed E-state index contributed by atoms with van der Waals surface area (Å²) < 4.78 is 5.92. The molecule has 0 saturated carbocycles. The first-order valence-corrected chi connectivity index (χ1v) is 8.89. The van der Waals surface area contributed by atoms with Crippen LogP contribution in [0, 0.1) is 6.92 Å². The van der Waals surface area contributed by atoms with Crippen molar-refractivity contribution in [1.82, 2.24) is 0 Å². The molecule has 0 unspecified atom stereocenters. The first kappa shape index (κ1) is 18.3. The van der Waals surface area contributed by atoms with Gasteiger partial charge >= 0.3 is 0 Å². The topological polar surface area (TPSA) is 33.6 Å². The Morgan fingerprint density at radius 1 is 1.00 bits per heavy atom. The van der Waals surface area contributed by atoms with Crippen LogP contribution in [0.1, 0.15) is 16.7 Å². The quantitative estimate of drug-likeness (QED) is 0.398. The van der Waals surface area contributed by atoms with Gasteiger partial charge in [0.15, 0.2) is 0 Å². The van der Waals surface area contributed by atoms with Crippen LogP contribution in [0.3, 0.4) is 0 Å². The molecular weight excluding hydrogens is 367 g/mol. The molecule has 26 heavy (non-hydrogen) atoms. The van der Waals surface area contributed by atoms with E-state index in [1.54, 1.807) is 18.3 Å². The predicted octanol–water partition coefficient (Wildman–Crippen LogP) is 6.33. The fourth-order valence-electron chi connectivity index (χ4n) is 2.32. The molecule has 3 nitrogen and oxygen atoms in total. The molecule has 1 N–H and O–H groups in total. The number of hydrogen-bond donors (Lipinski definition) is 1. The van der Waals surface area contributed by atoms with Crippen molar-refractivity contribution in [2.45, 2.75) is 13.5 Å². The Balaban J connectivity index is 1.67. The van der Waals surface area contributed by atoms with Gasteiger partial charge in [-0.1, -0.05) is 59.1 Å². The number of hydrazone groups is 1. The van der Waals surface area contributed by atoms with Gasteiger partial charge in [-0.15, -0.1) is 0 Å². The van der Waals surface area contributed by atoms with Crippen molar-refractivity contribution < 1.29 is 4.74 Å². The molecule has 3 rings (SSSR count). The van der Waals surface area contributed by atoms with E-state index in [2.05, 4.69) is 10.5 Å². The Labute approximate surface area is 163 Å². The summed E-state index contributed by atoms with van der Waals surface area (Å²) in [6, 6.07) is 21.1. The summed E-state index contributed by atoms with van der Waals surface area (Å²) in [6.07, 6.45) is 1.73. The summed E-state index contributed by atoms with van der Waals surface area (Å²) in [5.41, 5.74) is 6.90. The van der Waals surface area contributed by atoms with Crippen LogP contribution in [-0.2, 0) is 6.61 Å². The maximum absolute atomic E-state index is 6.20. The number of ether oxygens (including phenoxy) is 1. The second-order valence-electron chi connectivity index (χ2n) is 5.80. The third-order valence-corrected chi connectivity index (χ3v) is 4.35. The minimum absolute atomic E-state index is 0.353. The maximum Gasteiger partial charge on any atom is 0.128 e. The summed E-state index contributed by atoms with van der Waals surface area (Å²) in [4.78, 5) is 0. The van der Waals surface area contributed by atoms with Gasteiger partial charge in [0.05, 0.1) is 11.9 Å². The Hall–Kier alpha value is -2.49. The van der Waals surface area contributed by atoms with Crippen LogP contribution in [0.25, 0.3) is 0 Å². The summed E-state index contributed by atoms with van der Waals surface area (Å²) >= 11 is 12.1. The number of nitrogens with zero attached hydrogens (tertiary/aromatic N) is 1. The van der Waals surface area contributed by atoms with Gasteiger partial charge in [-0.25, -0.2) is 0 Å². The minimum Gasteiger partial charge on any atom is -0.488 e. The van der Waals surface area contributed by atoms with Gasteiger partial charge in [-0.05, 0) is 43.3 Å². The zero-order valence-electron chi connectivity index (χ0n) is 14.2. The van der Waals surface area contributed by atoms with E-state index in [1.165, 1.54) is 5.56 Å². The SMILES string of the molecule is Cc1ccc(NN=Cc2ccccc2OCc2ccc(Cl)cc2Cl)cc1. The molecule has 0 saturated heterocycles. The minimum atomic E-state index is 0.353. The number of rotatable bonds is 6. The predicted molar refractivity (Wildman–Crippen MR) is 110 cm³/mol. The van der Waals surface area contributed by atoms with Crippen molar-refractivity contribution in [2.24, 2.45) is 5.10 Å². The highest BCUT2D eigenvalue weighted by Crippen LogP contribution is 2.24. The summed E-state index contributed by atoms with van der Waals surface area (Å²) in [6.45, 7) is 2.40. The van der Waals surface area contributed by atoms with Crippen molar-refractivity contribution in [3.63, 3.8) is 0 Å². The van der Waals surface area contributed by atoms with Gasteiger partial charge in [0.1, 0.15) is 12.4 Å². The Morgan fingerprint density at radius 3 is 2.54 bits per heavy atom. The molecule has 0 aliphatic carbocycles. The lowest BCUT2D eigenvalue weighted by molar-refractivity contribution is 0.306. The van der Waals surface area contributed by atoms with Gasteiger partial charge in [0, 0.05) is 21.2 Å². The fraction of sp³-hybridized carbons (Fsp3) is 0.0952. The lowest BCUT2D eigenvalue weighted by Crippen LogP contribution is -1.99. The highest BCUT2D eigenvalue weighted by Gasteiger charge is 2.05. The van der Waals surface area contributed by atoms with Gasteiger partial charge < -0.3 is 4.74 Å². The van der Waals surface area contributed by atoms with Crippen molar-refractivity contribution in [3.05, 3.63) is 93.5 Å². The van der Waals surface area contributed by atoms with E-state index in [0.717, 1.165) is 22.6 Å². The van der Waals surface area contributed by atoms with Gasteiger partial charge in [0.25, 0.3) is 0 Å². The third-order valence-electron chi connectivity index (χ3n) is 3.77. The van der Waals surface area contributed by atoms with Crippen LogP contribution in [0.4, 0.5) is 5.69 Å². The first-order chi connectivity index (χ1) is 12.6. The number of para-hydroxylation sites is 1. The summed E-state index contributed by atoms with van der Waals surface area (Å²) in [7, 11) is 0. The molecule has 0 aliphatic rings. The van der Waals surface area contributed by atoms with Crippen LogP contribution < -0.4 is 10.2 Å². The molecule has 3 aromatic carbocycles. The van der Waals surface area contributed by atoms with E-state index < -0.39 is 0 Å². The number of halogens is 2. The Kier molecular flexibility index (Phi) is 6.16. The molecule has 0 amide bonds. The molecule has 132 valence electrons. The zero-order valence-corrected chi connectivity index (χ0v) is 15.8. The molecule has 3 aromatic rings. The molecule has 0 aromatic heterocycles. The standard InChI is InChI=1S/C21H18Cl2N2O/c1-15-6-10-19(11-7-15)25-24-13-16-4-2-3-5-21(16)26-14-17-8-9-18(22)12-20(17)23/h2-13,25H,14H2,1H3. The van der Waals surface area contributed by atoms with Crippen LogP contribution in [0.2, 0.25) is 10.0 Å². The number of anilines is 1. The largest absolute Gasteiger partial charge is 0.488 e. The molecule has 0 atom stereocenters. The average Bonchev–Trinajstić information content (AvgIpc) is 2.64. The molecular formula is C21H18Cl2N2O. The van der Waals surface area contributed by atoms with Crippen molar-refractivity contribution in [3.8, 4) is 5.75 Å². The second kappa shape index (κ2) is 8.75. The molecule has 0 spiro atoms. The van der Waals surface area contributed by atoms with E-state index in [-0.39, 0.29) is 0 Å². The van der Waals surface area contributed by atoms with E-state index in [9.17, 15) is 0 Å². The third kappa shape index (κ3) is 5.01. The molecule has 0 fully saturated rings. The van der Waals surface area contributed by atoms with Gasteiger partial charge in [-0.2, -0.15) is 5.10 Å². The first-order valence-electron chi connectivity index (χ1n) is 8.13. The normalized spacial score (nSPS) is 10.9. The number of aryl methyl sites for hydroxylation is 1. The second-order valence-corrected chi connectivity index (χ2v) is 6.64. The van der Waals surface area contributed by atoms with Crippen LogP contribution in [0.15, 0.2) is 71.8 Å². The van der Waals surface area contributed by atoms with Crippen LogP contribution in [0.5, 0.6) is 5.75 Å². The van der Waals surface area contributed by atoms with E-state index in [0.29, 0.717) is 16.7 Å². The zero-order chi connectivity index (χ0) is 18.4. The molecule has 0 aliphatic heterocycles. The van der Waals surface area contributed by atoms with E-state index >= 15 is 0 Å². The molecule has 0 heterocycles. The fourth-order valence-corrected chi connectivity index (χ4v) is 2.78.